The van der Waals surface area contributed by atoms with Crippen molar-refractivity contribution >= 4 is 11.6 Å². The summed E-state index contributed by atoms with van der Waals surface area (Å²) in [5, 5.41) is 0. The molecule has 1 aromatic rings. The van der Waals surface area contributed by atoms with Gasteiger partial charge in [0.05, 0.1) is 6.04 Å². The van der Waals surface area contributed by atoms with Gasteiger partial charge in [0, 0.05) is 31.4 Å². The fraction of sp³-hybridized carbons (Fsp3) is 0.767. The van der Waals surface area contributed by atoms with Gasteiger partial charge in [-0.25, -0.2) is 0 Å². The van der Waals surface area contributed by atoms with Crippen molar-refractivity contribution in [1.29, 1.82) is 0 Å². The molecule has 0 aromatic heterocycles. The van der Waals surface area contributed by atoms with Crippen LogP contribution in [0.3, 0.4) is 0 Å². The van der Waals surface area contributed by atoms with Crippen LogP contribution in [0.1, 0.15) is 97.5 Å². The Kier molecular flexibility index (Phi) is 10.8. The standard InChI is InChI=1S/C30H51N3O/c1-5-24(4)29(31)30(34)32-20-18-28(19-21-32)33(22-17-23(2)3)27-15-13-26(14-16-27)12-11-25-9-7-6-8-10-25/h13-16,23-25,28-29H,5-12,17-22,31H2,1-4H3/t24?,29-/m0/s1. The summed E-state index contributed by atoms with van der Waals surface area (Å²) in [6.07, 6.45) is 13.9. The lowest BCUT2D eigenvalue weighted by atomic mass is 9.85. The number of nitrogens with zero attached hydrogens (tertiary/aromatic N) is 2. The molecule has 1 saturated carbocycles. The molecule has 1 saturated heterocycles. The summed E-state index contributed by atoms with van der Waals surface area (Å²) in [7, 11) is 0. The number of amides is 1. The van der Waals surface area contributed by atoms with Crippen LogP contribution in [-0.2, 0) is 11.2 Å². The maximum Gasteiger partial charge on any atom is 0.239 e. The minimum atomic E-state index is -0.361. The van der Waals surface area contributed by atoms with Crippen molar-refractivity contribution in [2.75, 3.05) is 24.5 Å². The molecule has 4 nitrogen and oxygen atoms in total. The van der Waals surface area contributed by atoms with Crippen molar-refractivity contribution in [3.63, 3.8) is 0 Å². The van der Waals surface area contributed by atoms with E-state index in [1.165, 1.54) is 62.6 Å². The zero-order valence-electron chi connectivity index (χ0n) is 22.5. The fourth-order valence-electron chi connectivity index (χ4n) is 5.73. The molecule has 4 heteroatoms. The lowest BCUT2D eigenvalue weighted by molar-refractivity contribution is -0.134. The fourth-order valence-corrected chi connectivity index (χ4v) is 5.73. The highest BCUT2D eigenvalue weighted by Crippen LogP contribution is 2.29. The quantitative estimate of drug-likeness (QED) is 0.407. The van der Waals surface area contributed by atoms with Crippen LogP contribution in [0.25, 0.3) is 0 Å². The summed E-state index contributed by atoms with van der Waals surface area (Å²) >= 11 is 0. The number of rotatable bonds is 11. The molecule has 1 aliphatic carbocycles. The Morgan fingerprint density at radius 1 is 1.03 bits per heavy atom. The van der Waals surface area contributed by atoms with E-state index in [2.05, 4.69) is 56.9 Å². The second-order valence-corrected chi connectivity index (χ2v) is 11.6. The predicted octanol–water partition coefficient (Wildman–Crippen LogP) is 6.42. The second-order valence-electron chi connectivity index (χ2n) is 11.6. The van der Waals surface area contributed by atoms with E-state index in [0.717, 1.165) is 44.8 Å². The van der Waals surface area contributed by atoms with Crippen LogP contribution in [0.4, 0.5) is 5.69 Å². The van der Waals surface area contributed by atoms with E-state index in [1.54, 1.807) is 0 Å². The number of anilines is 1. The Morgan fingerprint density at radius 3 is 2.26 bits per heavy atom. The Hall–Kier alpha value is -1.55. The van der Waals surface area contributed by atoms with Crippen molar-refractivity contribution < 1.29 is 4.79 Å². The highest BCUT2D eigenvalue weighted by atomic mass is 16.2. The molecule has 34 heavy (non-hydrogen) atoms. The number of hydrogen-bond acceptors (Lipinski definition) is 3. The van der Waals surface area contributed by atoms with Gasteiger partial charge in [-0.2, -0.15) is 0 Å². The molecule has 1 unspecified atom stereocenters. The van der Waals surface area contributed by atoms with E-state index < -0.39 is 0 Å². The van der Waals surface area contributed by atoms with Crippen LogP contribution in [0.15, 0.2) is 24.3 Å². The molecular formula is C30H51N3O. The topological polar surface area (TPSA) is 49.6 Å². The van der Waals surface area contributed by atoms with Gasteiger partial charge in [-0.3, -0.25) is 4.79 Å². The molecular weight excluding hydrogens is 418 g/mol. The number of nitrogens with two attached hydrogens (primary N) is 1. The molecule has 2 atom stereocenters. The van der Waals surface area contributed by atoms with Crippen LogP contribution in [0.5, 0.6) is 0 Å². The summed E-state index contributed by atoms with van der Waals surface area (Å²) in [6, 6.07) is 9.57. The average Bonchev–Trinajstić information content (AvgIpc) is 2.87. The Bertz CT molecular complexity index is 717. The van der Waals surface area contributed by atoms with Crippen LogP contribution in [0.2, 0.25) is 0 Å². The molecule has 2 N–H and O–H groups in total. The van der Waals surface area contributed by atoms with Gasteiger partial charge in [-0.1, -0.05) is 78.4 Å². The van der Waals surface area contributed by atoms with Crippen LogP contribution in [-0.4, -0.2) is 42.5 Å². The van der Waals surface area contributed by atoms with Crippen molar-refractivity contribution in [2.45, 2.75) is 110 Å². The third-order valence-corrected chi connectivity index (χ3v) is 8.54. The van der Waals surface area contributed by atoms with Gasteiger partial charge in [0.1, 0.15) is 0 Å². The largest absolute Gasteiger partial charge is 0.368 e. The maximum atomic E-state index is 12.9. The molecule has 1 aromatic carbocycles. The highest BCUT2D eigenvalue weighted by Gasteiger charge is 2.31. The first-order chi connectivity index (χ1) is 16.4. The van der Waals surface area contributed by atoms with Crippen molar-refractivity contribution in [3.8, 4) is 0 Å². The van der Waals surface area contributed by atoms with E-state index in [4.69, 9.17) is 5.73 Å². The molecule has 192 valence electrons. The zero-order chi connectivity index (χ0) is 24.5. The monoisotopic (exact) mass is 469 g/mol. The summed E-state index contributed by atoms with van der Waals surface area (Å²) in [5.41, 5.74) is 9.09. The predicted molar refractivity (Wildman–Crippen MR) is 145 cm³/mol. The van der Waals surface area contributed by atoms with E-state index in [0.29, 0.717) is 12.0 Å². The smallest absolute Gasteiger partial charge is 0.239 e. The van der Waals surface area contributed by atoms with Gasteiger partial charge in [-0.15, -0.1) is 0 Å². The first-order valence-corrected chi connectivity index (χ1v) is 14.3. The van der Waals surface area contributed by atoms with E-state index in [1.807, 2.05) is 4.90 Å². The summed E-state index contributed by atoms with van der Waals surface area (Å²) in [6.45, 7) is 11.6. The molecule has 2 aliphatic rings. The SMILES string of the molecule is CCC(C)[C@H](N)C(=O)N1CCC(N(CCC(C)C)c2ccc(CCC3CCCCC3)cc2)CC1. The number of aryl methyl sites for hydroxylation is 1. The van der Waals surface area contributed by atoms with Gasteiger partial charge >= 0.3 is 0 Å². The second kappa shape index (κ2) is 13.5. The zero-order valence-corrected chi connectivity index (χ0v) is 22.5. The van der Waals surface area contributed by atoms with Crippen molar-refractivity contribution in [2.24, 2.45) is 23.5 Å². The number of likely N-dealkylation sites (tertiary alicyclic amines) is 1. The normalized spacial score (nSPS) is 19.9. The summed E-state index contributed by atoms with van der Waals surface area (Å²) < 4.78 is 0. The Balaban J connectivity index is 1.59. The first-order valence-electron chi connectivity index (χ1n) is 14.3. The molecule has 1 amide bonds. The number of hydrogen-bond donors (Lipinski definition) is 1. The molecule has 3 rings (SSSR count). The van der Waals surface area contributed by atoms with Gasteiger partial charge in [0.2, 0.25) is 5.91 Å². The lowest BCUT2D eigenvalue weighted by Gasteiger charge is -2.41. The molecule has 1 heterocycles. The van der Waals surface area contributed by atoms with Crippen molar-refractivity contribution in [1.82, 2.24) is 4.90 Å². The van der Waals surface area contributed by atoms with Crippen LogP contribution >= 0.6 is 0 Å². The highest BCUT2D eigenvalue weighted by molar-refractivity contribution is 5.82. The third kappa shape index (κ3) is 7.73. The molecule has 0 radical (unpaired) electrons. The van der Waals surface area contributed by atoms with E-state index >= 15 is 0 Å². The van der Waals surface area contributed by atoms with Gasteiger partial charge < -0.3 is 15.5 Å². The number of carbonyl (C=O) groups excluding carboxylic acids is 1. The van der Waals surface area contributed by atoms with E-state index in [9.17, 15) is 4.79 Å². The number of carbonyl (C=O) groups is 1. The van der Waals surface area contributed by atoms with Crippen LogP contribution in [0, 0.1) is 17.8 Å². The van der Waals surface area contributed by atoms with Crippen LogP contribution < -0.4 is 10.6 Å². The molecule has 1 aliphatic heterocycles. The van der Waals surface area contributed by atoms with Gasteiger partial charge in [0.25, 0.3) is 0 Å². The third-order valence-electron chi connectivity index (χ3n) is 8.54. The maximum absolute atomic E-state index is 12.9. The Labute approximate surface area is 209 Å². The minimum absolute atomic E-state index is 0.142. The average molecular weight is 470 g/mol. The molecule has 2 fully saturated rings. The lowest BCUT2D eigenvalue weighted by Crippen LogP contribution is -2.52. The Morgan fingerprint density at radius 2 is 1.68 bits per heavy atom. The van der Waals surface area contributed by atoms with E-state index in [-0.39, 0.29) is 17.9 Å². The number of piperidine rings is 1. The summed E-state index contributed by atoms with van der Waals surface area (Å²) in [5.74, 6) is 2.01. The molecule has 0 spiro atoms. The van der Waals surface area contributed by atoms with Gasteiger partial charge in [-0.05, 0) is 67.6 Å². The van der Waals surface area contributed by atoms with Gasteiger partial charge in [0.15, 0.2) is 0 Å². The number of benzene rings is 1. The summed E-state index contributed by atoms with van der Waals surface area (Å²) in [4.78, 5) is 17.5. The molecule has 0 bridgehead atoms. The first kappa shape index (κ1) is 27.0. The minimum Gasteiger partial charge on any atom is -0.368 e. The van der Waals surface area contributed by atoms with Crippen molar-refractivity contribution in [3.05, 3.63) is 29.8 Å².